The Hall–Kier alpha value is -2.06. The molecule has 4 nitrogen and oxygen atoms in total. The topological polar surface area (TPSA) is 71.9 Å². The van der Waals surface area contributed by atoms with E-state index in [2.05, 4.69) is 4.98 Å². The molecular formula is C12H11N3OS. The van der Waals surface area contributed by atoms with Crippen LogP contribution in [0.5, 0.6) is 5.75 Å². The Morgan fingerprint density at radius 2 is 2.35 bits per heavy atom. The van der Waals surface area contributed by atoms with Crippen LogP contribution in [0.2, 0.25) is 0 Å². The van der Waals surface area contributed by atoms with E-state index in [0.717, 1.165) is 10.7 Å². The van der Waals surface area contributed by atoms with Gasteiger partial charge in [-0.15, -0.1) is 11.3 Å². The van der Waals surface area contributed by atoms with Crippen LogP contribution in [-0.2, 0) is 6.61 Å². The molecule has 5 heteroatoms. The van der Waals surface area contributed by atoms with Crippen molar-refractivity contribution in [3.63, 3.8) is 0 Å². The lowest BCUT2D eigenvalue weighted by Gasteiger charge is -2.07. The van der Waals surface area contributed by atoms with Crippen LogP contribution in [0.15, 0.2) is 23.6 Å². The molecule has 0 aliphatic rings. The summed E-state index contributed by atoms with van der Waals surface area (Å²) in [5.41, 5.74) is 7.76. The fourth-order valence-electron chi connectivity index (χ4n) is 1.36. The summed E-state index contributed by atoms with van der Waals surface area (Å²) in [5, 5.41) is 11.6. The first-order valence-corrected chi connectivity index (χ1v) is 5.90. The SMILES string of the molecule is Cc1csc(COc2ccc(C#N)cc2N)n1. The number of nitriles is 1. The van der Waals surface area contributed by atoms with Crippen LogP contribution in [0.4, 0.5) is 5.69 Å². The molecule has 0 fully saturated rings. The van der Waals surface area contributed by atoms with E-state index < -0.39 is 0 Å². The predicted molar refractivity (Wildman–Crippen MR) is 66.8 cm³/mol. The Labute approximate surface area is 103 Å². The van der Waals surface area contributed by atoms with E-state index in [1.165, 1.54) is 0 Å². The highest BCUT2D eigenvalue weighted by molar-refractivity contribution is 7.09. The molecule has 0 aliphatic heterocycles. The molecule has 0 saturated carbocycles. The second-order valence-corrected chi connectivity index (χ2v) is 4.48. The molecule has 2 N–H and O–H groups in total. The number of nitrogens with two attached hydrogens (primary N) is 1. The Bertz CT molecular complexity index is 571. The van der Waals surface area contributed by atoms with Crippen LogP contribution >= 0.6 is 11.3 Å². The molecule has 0 amide bonds. The van der Waals surface area contributed by atoms with Gasteiger partial charge in [0.15, 0.2) is 0 Å². The average Bonchev–Trinajstić information content (AvgIpc) is 2.73. The maximum Gasteiger partial charge on any atom is 0.142 e. The summed E-state index contributed by atoms with van der Waals surface area (Å²) in [6.45, 7) is 2.34. The summed E-state index contributed by atoms with van der Waals surface area (Å²) in [7, 11) is 0. The normalized spacial score (nSPS) is 9.88. The molecule has 0 radical (unpaired) electrons. The van der Waals surface area contributed by atoms with Crippen molar-refractivity contribution in [2.75, 3.05) is 5.73 Å². The number of nitrogen functional groups attached to an aromatic ring is 1. The van der Waals surface area contributed by atoms with Gasteiger partial charge in [0.2, 0.25) is 0 Å². The number of anilines is 1. The van der Waals surface area contributed by atoms with Crippen molar-refractivity contribution in [3.8, 4) is 11.8 Å². The minimum atomic E-state index is 0.397. The van der Waals surface area contributed by atoms with Crippen LogP contribution < -0.4 is 10.5 Å². The first kappa shape index (κ1) is 11.4. The summed E-state index contributed by atoms with van der Waals surface area (Å²) in [4.78, 5) is 4.29. The van der Waals surface area contributed by atoms with E-state index in [9.17, 15) is 0 Å². The van der Waals surface area contributed by atoms with Gasteiger partial charge in [0, 0.05) is 11.1 Å². The monoisotopic (exact) mass is 245 g/mol. The number of rotatable bonds is 3. The van der Waals surface area contributed by atoms with Crippen molar-refractivity contribution in [2.24, 2.45) is 0 Å². The van der Waals surface area contributed by atoms with Crippen molar-refractivity contribution in [1.82, 2.24) is 4.98 Å². The molecule has 1 aromatic heterocycles. The molecule has 1 aromatic carbocycles. The Balaban J connectivity index is 2.07. The van der Waals surface area contributed by atoms with Gasteiger partial charge in [-0.1, -0.05) is 0 Å². The van der Waals surface area contributed by atoms with Gasteiger partial charge in [-0.2, -0.15) is 5.26 Å². The van der Waals surface area contributed by atoms with Gasteiger partial charge in [-0.25, -0.2) is 4.98 Å². The minimum Gasteiger partial charge on any atom is -0.484 e. The summed E-state index contributed by atoms with van der Waals surface area (Å²) >= 11 is 1.55. The number of nitrogens with zero attached hydrogens (tertiary/aromatic N) is 2. The average molecular weight is 245 g/mol. The number of aryl methyl sites for hydroxylation is 1. The van der Waals surface area contributed by atoms with Gasteiger partial charge in [0.1, 0.15) is 17.4 Å². The molecule has 2 rings (SSSR count). The summed E-state index contributed by atoms with van der Waals surface area (Å²) in [5.74, 6) is 0.580. The van der Waals surface area contributed by atoms with Crippen LogP contribution in [0.1, 0.15) is 16.3 Å². The van der Waals surface area contributed by atoms with Gasteiger partial charge >= 0.3 is 0 Å². The summed E-state index contributed by atoms with van der Waals surface area (Å²) < 4.78 is 5.55. The van der Waals surface area contributed by atoms with Gasteiger partial charge in [-0.3, -0.25) is 0 Å². The van der Waals surface area contributed by atoms with Crippen molar-refractivity contribution in [2.45, 2.75) is 13.5 Å². The second kappa shape index (κ2) is 4.85. The first-order chi connectivity index (χ1) is 8.19. The second-order valence-electron chi connectivity index (χ2n) is 3.54. The third-order valence-electron chi connectivity index (χ3n) is 2.16. The standard InChI is InChI=1S/C12H11N3OS/c1-8-7-17-12(15-8)6-16-11-3-2-9(5-13)4-10(11)14/h2-4,7H,6,14H2,1H3. The Morgan fingerprint density at radius 1 is 1.53 bits per heavy atom. The van der Waals surface area contributed by atoms with Crippen molar-refractivity contribution in [3.05, 3.63) is 39.8 Å². The molecule has 17 heavy (non-hydrogen) atoms. The molecule has 0 spiro atoms. The predicted octanol–water partition coefficient (Wildman–Crippen LogP) is 2.48. The molecule has 0 bridgehead atoms. The number of hydrogen-bond acceptors (Lipinski definition) is 5. The van der Waals surface area contributed by atoms with E-state index in [1.807, 2.05) is 18.4 Å². The summed E-state index contributed by atoms with van der Waals surface area (Å²) in [6, 6.07) is 7.01. The number of benzene rings is 1. The van der Waals surface area contributed by atoms with E-state index in [-0.39, 0.29) is 0 Å². The smallest absolute Gasteiger partial charge is 0.142 e. The minimum absolute atomic E-state index is 0.397. The first-order valence-electron chi connectivity index (χ1n) is 5.02. The number of ether oxygens (including phenoxy) is 1. The zero-order valence-corrected chi connectivity index (χ0v) is 10.1. The molecule has 0 aliphatic carbocycles. The van der Waals surface area contributed by atoms with E-state index in [1.54, 1.807) is 29.5 Å². The van der Waals surface area contributed by atoms with E-state index in [4.69, 9.17) is 15.7 Å². The lowest BCUT2D eigenvalue weighted by molar-refractivity contribution is 0.307. The Morgan fingerprint density at radius 3 is 2.94 bits per heavy atom. The molecule has 1 heterocycles. The van der Waals surface area contributed by atoms with E-state index in [0.29, 0.717) is 23.6 Å². The lowest BCUT2D eigenvalue weighted by atomic mass is 10.2. The number of thiazole rings is 1. The Kier molecular flexibility index (Phi) is 3.26. The largest absolute Gasteiger partial charge is 0.484 e. The highest BCUT2D eigenvalue weighted by Gasteiger charge is 2.04. The van der Waals surface area contributed by atoms with Crippen LogP contribution in [0, 0.1) is 18.3 Å². The quantitative estimate of drug-likeness (QED) is 0.843. The summed E-state index contributed by atoms with van der Waals surface area (Å²) in [6.07, 6.45) is 0. The lowest BCUT2D eigenvalue weighted by Crippen LogP contribution is -1.98. The molecule has 0 atom stereocenters. The maximum atomic E-state index is 8.71. The van der Waals surface area contributed by atoms with Crippen LogP contribution in [0.25, 0.3) is 0 Å². The third kappa shape index (κ3) is 2.74. The molecular weight excluding hydrogens is 234 g/mol. The van der Waals surface area contributed by atoms with Crippen molar-refractivity contribution >= 4 is 17.0 Å². The number of hydrogen-bond donors (Lipinski definition) is 1. The van der Waals surface area contributed by atoms with Crippen molar-refractivity contribution in [1.29, 1.82) is 5.26 Å². The van der Waals surface area contributed by atoms with Crippen LogP contribution in [-0.4, -0.2) is 4.98 Å². The van der Waals surface area contributed by atoms with E-state index >= 15 is 0 Å². The van der Waals surface area contributed by atoms with Gasteiger partial charge in [-0.05, 0) is 25.1 Å². The highest BCUT2D eigenvalue weighted by Crippen LogP contribution is 2.23. The maximum absolute atomic E-state index is 8.71. The van der Waals surface area contributed by atoms with Crippen LogP contribution in [0.3, 0.4) is 0 Å². The molecule has 86 valence electrons. The zero-order chi connectivity index (χ0) is 12.3. The fourth-order valence-corrected chi connectivity index (χ4v) is 2.04. The highest BCUT2D eigenvalue weighted by atomic mass is 32.1. The van der Waals surface area contributed by atoms with Gasteiger partial charge < -0.3 is 10.5 Å². The zero-order valence-electron chi connectivity index (χ0n) is 9.30. The van der Waals surface area contributed by atoms with Gasteiger partial charge in [0.05, 0.1) is 17.3 Å². The molecule has 2 aromatic rings. The molecule has 0 unspecified atom stereocenters. The number of aromatic nitrogens is 1. The van der Waals surface area contributed by atoms with Crippen molar-refractivity contribution < 1.29 is 4.74 Å². The fraction of sp³-hybridized carbons (Fsp3) is 0.167. The van der Waals surface area contributed by atoms with Gasteiger partial charge in [0.25, 0.3) is 0 Å². The molecule has 0 saturated heterocycles. The third-order valence-corrected chi connectivity index (χ3v) is 3.10.